The fourth-order valence-corrected chi connectivity index (χ4v) is 3.72. The normalized spacial score (nSPS) is 13.8. The predicted molar refractivity (Wildman–Crippen MR) is 102 cm³/mol. The standard InChI is InChI=1S/C19H17IN2O2/c20-15-6-2-4-8-18(15)24-12-19(23)22-10-9-17-14(11-22)13-5-1-3-7-16(13)21-17/h1-8,21H,9-12H2. The molecule has 0 aliphatic carbocycles. The van der Waals surface area contributed by atoms with Crippen molar-refractivity contribution < 1.29 is 9.53 Å². The monoisotopic (exact) mass is 432 g/mol. The Morgan fingerprint density at radius 3 is 2.83 bits per heavy atom. The van der Waals surface area contributed by atoms with E-state index in [9.17, 15) is 4.79 Å². The van der Waals surface area contributed by atoms with Crippen LogP contribution in [0.3, 0.4) is 0 Å². The van der Waals surface area contributed by atoms with Crippen LogP contribution in [-0.4, -0.2) is 28.9 Å². The highest BCUT2D eigenvalue weighted by molar-refractivity contribution is 14.1. The average molecular weight is 432 g/mol. The maximum Gasteiger partial charge on any atom is 0.260 e. The first kappa shape index (κ1) is 15.5. The van der Waals surface area contributed by atoms with Gasteiger partial charge >= 0.3 is 0 Å². The quantitative estimate of drug-likeness (QED) is 0.642. The molecule has 0 saturated carbocycles. The Kier molecular flexibility index (Phi) is 4.18. The number of hydrogen-bond acceptors (Lipinski definition) is 2. The van der Waals surface area contributed by atoms with Gasteiger partial charge in [-0.3, -0.25) is 4.79 Å². The number of benzene rings is 2. The maximum atomic E-state index is 12.5. The van der Waals surface area contributed by atoms with Crippen LogP contribution in [0.2, 0.25) is 0 Å². The largest absolute Gasteiger partial charge is 0.483 e. The number of hydrogen-bond donors (Lipinski definition) is 1. The second kappa shape index (κ2) is 6.47. The van der Waals surface area contributed by atoms with Gasteiger partial charge in [0.05, 0.1) is 3.57 Å². The zero-order valence-electron chi connectivity index (χ0n) is 13.1. The molecule has 1 aliphatic rings. The Morgan fingerprint density at radius 1 is 1.17 bits per heavy atom. The molecule has 0 unspecified atom stereocenters. The summed E-state index contributed by atoms with van der Waals surface area (Å²) in [4.78, 5) is 17.9. The van der Waals surface area contributed by atoms with Crippen molar-refractivity contribution in [1.82, 2.24) is 9.88 Å². The zero-order valence-corrected chi connectivity index (χ0v) is 15.2. The molecule has 1 aliphatic heterocycles. The van der Waals surface area contributed by atoms with Gasteiger partial charge in [0.15, 0.2) is 6.61 Å². The van der Waals surface area contributed by atoms with E-state index < -0.39 is 0 Å². The summed E-state index contributed by atoms with van der Waals surface area (Å²) < 4.78 is 6.72. The lowest BCUT2D eigenvalue weighted by molar-refractivity contribution is -0.134. The summed E-state index contributed by atoms with van der Waals surface area (Å²) in [6, 6.07) is 16.0. The van der Waals surface area contributed by atoms with Crippen molar-refractivity contribution >= 4 is 39.4 Å². The number of nitrogens with one attached hydrogen (secondary N) is 1. The minimum absolute atomic E-state index is 0.0329. The summed E-state index contributed by atoms with van der Waals surface area (Å²) in [5.41, 5.74) is 3.63. The van der Waals surface area contributed by atoms with E-state index in [0.717, 1.165) is 27.8 Å². The molecule has 0 saturated heterocycles. The summed E-state index contributed by atoms with van der Waals surface area (Å²) in [5, 5.41) is 1.21. The summed E-state index contributed by atoms with van der Waals surface area (Å²) in [5.74, 6) is 0.793. The van der Waals surface area contributed by atoms with Crippen molar-refractivity contribution in [2.75, 3.05) is 13.2 Å². The molecule has 4 nitrogen and oxygen atoms in total. The number of carbonyl (C=O) groups excluding carboxylic acids is 1. The fraction of sp³-hybridized carbons (Fsp3) is 0.211. The third-order valence-electron chi connectivity index (χ3n) is 4.42. The Labute approximate surface area is 153 Å². The summed E-state index contributed by atoms with van der Waals surface area (Å²) in [7, 11) is 0. The molecule has 122 valence electrons. The van der Waals surface area contributed by atoms with Gasteiger partial charge < -0.3 is 14.6 Å². The highest BCUT2D eigenvalue weighted by atomic mass is 127. The van der Waals surface area contributed by atoms with Crippen molar-refractivity contribution in [3.8, 4) is 5.75 Å². The number of rotatable bonds is 3. The van der Waals surface area contributed by atoms with Crippen molar-refractivity contribution in [3.63, 3.8) is 0 Å². The minimum atomic E-state index is 0.0329. The van der Waals surface area contributed by atoms with E-state index >= 15 is 0 Å². The van der Waals surface area contributed by atoms with Crippen LogP contribution in [0.1, 0.15) is 11.3 Å². The predicted octanol–water partition coefficient (Wildman–Crippen LogP) is 3.74. The molecule has 3 aromatic rings. The second-order valence-corrected chi connectivity index (χ2v) is 7.07. The molecule has 0 spiro atoms. The molecule has 1 N–H and O–H groups in total. The van der Waals surface area contributed by atoms with E-state index in [4.69, 9.17) is 4.74 Å². The van der Waals surface area contributed by atoms with Gasteiger partial charge in [0.25, 0.3) is 5.91 Å². The van der Waals surface area contributed by atoms with E-state index in [2.05, 4.69) is 39.7 Å². The molecule has 0 atom stereocenters. The van der Waals surface area contributed by atoms with Crippen LogP contribution in [-0.2, 0) is 17.8 Å². The Morgan fingerprint density at radius 2 is 1.96 bits per heavy atom. The summed E-state index contributed by atoms with van der Waals surface area (Å²) in [6.45, 7) is 1.46. The molecule has 1 amide bonds. The van der Waals surface area contributed by atoms with Gasteiger partial charge in [-0.25, -0.2) is 0 Å². The highest BCUT2D eigenvalue weighted by Crippen LogP contribution is 2.27. The van der Waals surface area contributed by atoms with Gasteiger partial charge in [-0.1, -0.05) is 30.3 Å². The molecular weight excluding hydrogens is 415 g/mol. The number of amides is 1. The van der Waals surface area contributed by atoms with E-state index in [0.29, 0.717) is 6.54 Å². The number of H-pyrrole nitrogens is 1. The first-order valence-corrected chi connectivity index (χ1v) is 9.04. The molecule has 4 rings (SSSR count). The molecule has 0 radical (unpaired) electrons. The van der Waals surface area contributed by atoms with Gasteiger partial charge in [0.2, 0.25) is 0 Å². The molecule has 0 bridgehead atoms. The molecule has 2 heterocycles. The van der Waals surface area contributed by atoms with Crippen molar-refractivity contribution in [1.29, 1.82) is 0 Å². The SMILES string of the molecule is O=C(COc1ccccc1I)N1CCc2[nH]c3ccccc3c2C1. The number of fused-ring (bicyclic) bond motifs is 3. The average Bonchev–Trinajstić information content (AvgIpc) is 2.98. The highest BCUT2D eigenvalue weighted by Gasteiger charge is 2.24. The van der Waals surface area contributed by atoms with Gasteiger partial charge in [-0.05, 0) is 40.8 Å². The van der Waals surface area contributed by atoms with E-state index in [-0.39, 0.29) is 12.5 Å². The number of carbonyl (C=O) groups is 1. The van der Waals surface area contributed by atoms with E-state index in [1.165, 1.54) is 16.6 Å². The number of ether oxygens (including phenoxy) is 1. The molecule has 0 fully saturated rings. The smallest absolute Gasteiger partial charge is 0.260 e. The molecule has 2 aromatic carbocycles. The fourth-order valence-electron chi connectivity index (χ4n) is 3.17. The van der Waals surface area contributed by atoms with Crippen LogP contribution < -0.4 is 4.74 Å². The lowest BCUT2D eigenvalue weighted by Crippen LogP contribution is -2.38. The lowest BCUT2D eigenvalue weighted by Gasteiger charge is -2.27. The lowest BCUT2D eigenvalue weighted by atomic mass is 10.0. The molecule has 1 aromatic heterocycles. The van der Waals surface area contributed by atoms with Gasteiger partial charge in [0, 0.05) is 41.7 Å². The summed E-state index contributed by atoms with van der Waals surface area (Å²) in [6.07, 6.45) is 0.860. The number of aromatic amines is 1. The number of para-hydroxylation sites is 2. The van der Waals surface area contributed by atoms with E-state index in [1.54, 1.807) is 0 Å². The van der Waals surface area contributed by atoms with Crippen molar-refractivity contribution in [3.05, 3.63) is 63.4 Å². The van der Waals surface area contributed by atoms with Crippen LogP contribution in [0.25, 0.3) is 10.9 Å². The van der Waals surface area contributed by atoms with Crippen LogP contribution in [0.15, 0.2) is 48.5 Å². The van der Waals surface area contributed by atoms with Gasteiger partial charge in [-0.2, -0.15) is 0 Å². The topological polar surface area (TPSA) is 45.3 Å². The first-order valence-electron chi connectivity index (χ1n) is 7.96. The Bertz CT molecular complexity index is 903. The van der Waals surface area contributed by atoms with Crippen LogP contribution in [0.4, 0.5) is 0 Å². The van der Waals surface area contributed by atoms with Gasteiger partial charge in [-0.15, -0.1) is 0 Å². The molecular formula is C19H17IN2O2. The zero-order chi connectivity index (χ0) is 16.5. The van der Waals surface area contributed by atoms with Crippen molar-refractivity contribution in [2.24, 2.45) is 0 Å². The third-order valence-corrected chi connectivity index (χ3v) is 5.31. The number of aromatic nitrogens is 1. The van der Waals surface area contributed by atoms with E-state index in [1.807, 2.05) is 41.3 Å². The van der Waals surface area contributed by atoms with Crippen LogP contribution in [0.5, 0.6) is 5.75 Å². The second-order valence-electron chi connectivity index (χ2n) is 5.91. The molecule has 5 heteroatoms. The molecule has 24 heavy (non-hydrogen) atoms. The Balaban J connectivity index is 1.48. The van der Waals surface area contributed by atoms with Crippen molar-refractivity contribution in [2.45, 2.75) is 13.0 Å². The number of nitrogens with zero attached hydrogens (tertiary/aromatic N) is 1. The maximum absolute atomic E-state index is 12.5. The van der Waals surface area contributed by atoms with Crippen LogP contribution in [0, 0.1) is 3.57 Å². The number of halogens is 1. The van der Waals surface area contributed by atoms with Gasteiger partial charge in [0.1, 0.15) is 5.75 Å². The van der Waals surface area contributed by atoms with Crippen LogP contribution >= 0.6 is 22.6 Å². The Hall–Kier alpha value is -2.02. The summed E-state index contributed by atoms with van der Waals surface area (Å²) >= 11 is 2.22. The first-order chi connectivity index (χ1) is 11.7. The minimum Gasteiger partial charge on any atom is -0.483 e. The third kappa shape index (κ3) is 2.88.